The predicted octanol–water partition coefficient (Wildman–Crippen LogP) is 5.10. The summed E-state index contributed by atoms with van der Waals surface area (Å²) >= 11 is 3.32. The zero-order valence-corrected chi connectivity index (χ0v) is 18.9. The van der Waals surface area contributed by atoms with Crippen molar-refractivity contribution in [1.82, 2.24) is 9.88 Å². The molecule has 0 unspecified atom stereocenters. The number of carbonyl (C=O) groups is 1. The van der Waals surface area contributed by atoms with E-state index in [2.05, 4.69) is 36.1 Å². The average molecular weight is 436 g/mol. The molecule has 0 radical (unpaired) electrons. The number of halogens is 1. The molecule has 1 heterocycles. The van der Waals surface area contributed by atoms with E-state index in [1.807, 2.05) is 43.3 Å². The summed E-state index contributed by atoms with van der Waals surface area (Å²) in [5.74, 6) is 0.904. The summed E-state index contributed by atoms with van der Waals surface area (Å²) in [7, 11) is 4.05. The van der Waals surface area contributed by atoms with Crippen molar-refractivity contribution in [3.8, 4) is 0 Å². The number of hydrogen-bond acceptors (Lipinski definition) is 5. The summed E-state index contributed by atoms with van der Waals surface area (Å²) < 4.78 is 1.13. The van der Waals surface area contributed by atoms with Gasteiger partial charge < -0.3 is 4.90 Å². The zero-order valence-electron chi connectivity index (χ0n) is 16.4. The molecule has 150 valence electrons. The zero-order chi connectivity index (χ0) is 19.2. The molecule has 2 aromatic carbocycles. The molecule has 0 aliphatic rings. The van der Waals surface area contributed by atoms with Gasteiger partial charge in [0.05, 0.1) is 10.2 Å². The predicted molar refractivity (Wildman–Crippen MR) is 124 cm³/mol. The number of benzene rings is 2. The number of nitrogens with zero attached hydrogens (tertiary/aromatic N) is 3. The summed E-state index contributed by atoms with van der Waals surface area (Å²) in [6.45, 7) is 3.54. The highest BCUT2D eigenvalue weighted by atomic mass is 35.5. The normalized spacial score (nSPS) is 10.9. The lowest BCUT2D eigenvalue weighted by Gasteiger charge is -2.22. The number of rotatable bonds is 8. The minimum Gasteiger partial charge on any atom is -0.308 e. The van der Waals surface area contributed by atoms with Crippen molar-refractivity contribution in [3.05, 3.63) is 54.1 Å². The highest BCUT2D eigenvalue weighted by Gasteiger charge is 2.19. The topological polar surface area (TPSA) is 36.4 Å². The number of amides is 1. The lowest BCUT2D eigenvalue weighted by atomic mass is 10.2. The van der Waals surface area contributed by atoms with E-state index < -0.39 is 0 Å². The second-order valence-electron chi connectivity index (χ2n) is 6.73. The van der Waals surface area contributed by atoms with Crippen molar-refractivity contribution in [2.24, 2.45) is 0 Å². The van der Waals surface area contributed by atoms with Crippen molar-refractivity contribution in [2.45, 2.75) is 18.2 Å². The summed E-state index contributed by atoms with van der Waals surface area (Å²) in [4.78, 5) is 22.8. The lowest BCUT2D eigenvalue weighted by Crippen LogP contribution is -2.36. The van der Waals surface area contributed by atoms with Crippen LogP contribution >= 0.6 is 35.5 Å². The number of hydrogen-bond donors (Lipinski definition) is 0. The first-order valence-corrected chi connectivity index (χ1v) is 10.8. The first-order valence-electron chi connectivity index (χ1n) is 9.03. The molecule has 0 saturated heterocycles. The number of likely N-dealkylation sites (N-methyl/N-ethyl adjacent to an activating group) is 1. The highest BCUT2D eigenvalue weighted by molar-refractivity contribution is 7.99. The Morgan fingerprint density at radius 2 is 1.86 bits per heavy atom. The van der Waals surface area contributed by atoms with Crippen LogP contribution in [-0.2, 0) is 4.79 Å². The first kappa shape index (κ1) is 22.7. The van der Waals surface area contributed by atoms with Crippen LogP contribution in [0.15, 0.2) is 53.4 Å². The van der Waals surface area contributed by atoms with E-state index in [0.717, 1.165) is 27.6 Å². The van der Waals surface area contributed by atoms with Crippen LogP contribution in [0.3, 0.4) is 0 Å². The number of aromatic nitrogens is 1. The molecule has 1 amide bonds. The van der Waals surface area contributed by atoms with Gasteiger partial charge in [0.15, 0.2) is 5.13 Å². The summed E-state index contributed by atoms with van der Waals surface area (Å²) in [6, 6.07) is 16.4. The molecule has 3 rings (SSSR count). The van der Waals surface area contributed by atoms with E-state index in [-0.39, 0.29) is 18.3 Å². The molecule has 0 saturated carbocycles. The first-order chi connectivity index (χ1) is 13.0. The third-order valence-corrected chi connectivity index (χ3v) is 6.22. The van der Waals surface area contributed by atoms with Crippen LogP contribution in [0.4, 0.5) is 5.13 Å². The van der Waals surface area contributed by atoms with Crippen molar-refractivity contribution < 1.29 is 4.79 Å². The van der Waals surface area contributed by atoms with Gasteiger partial charge in [0.1, 0.15) is 0 Å². The Morgan fingerprint density at radius 3 is 2.57 bits per heavy atom. The standard InChI is InChI=1S/C21H25N3OS2.ClH/c1-16-9-10-18-19(15-16)27-21(22-18)24(13-12-23(2)3)20(25)11-14-26-17-7-5-4-6-8-17;/h4-10,15H,11-14H2,1-3H3;1H. The Kier molecular flexibility index (Phi) is 8.76. The summed E-state index contributed by atoms with van der Waals surface area (Å²) in [6.07, 6.45) is 0.502. The van der Waals surface area contributed by atoms with Crippen LogP contribution in [0, 0.1) is 6.92 Å². The molecule has 0 bridgehead atoms. The summed E-state index contributed by atoms with van der Waals surface area (Å²) in [5, 5.41) is 0.798. The third-order valence-electron chi connectivity index (χ3n) is 4.16. The van der Waals surface area contributed by atoms with Gasteiger partial charge in [-0.2, -0.15) is 0 Å². The number of anilines is 1. The maximum absolute atomic E-state index is 13.0. The van der Waals surface area contributed by atoms with Crippen molar-refractivity contribution >= 4 is 56.8 Å². The number of aryl methyl sites for hydroxylation is 1. The number of thioether (sulfide) groups is 1. The molecule has 28 heavy (non-hydrogen) atoms. The van der Waals surface area contributed by atoms with Gasteiger partial charge >= 0.3 is 0 Å². The van der Waals surface area contributed by atoms with Crippen LogP contribution in [-0.4, -0.2) is 48.7 Å². The molecule has 0 spiro atoms. The number of fused-ring (bicyclic) bond motifs is 1. The SMILES string of the molecule is Cc1ccc2nc(N(CCN(C)C)C(=O)CCSc3ccccc3)sc2c1.Cl. The third kappa shape index (κ3) is 6.21. The molecule has 0 N–H and O–H groups in total. The number of thiazole rings is 1. The molecule has 0 fully saturated rings. The molecule has 1 aromatic heterocycles. The second kappa shape index (κ2) is 10.8. The van der Waals surface area contributed by atoms with Gasteiger partial charge in [0.25, 0.3) is 0 Å². The van der Waals surface area contributed by atoms with E-state index in [9.17, 15) is 4.79 Å². The van der Waals surface area contributed by atoms with Gasteiger partial charge in [0.2, 0.25) is 5.91 Å². The molecule has 0 aliphatic carbocycles. The monoisotopic (exact) mass is 435 g/mol. The van der Waals surface area contributed by atoms with E-state index in [4.69, 9.17) is 4.98 Å². The van der Waals surface area contributed by atoms with Crippen molar-refractivity contribution in [3.63, 3.8) is 0 Å². The van der Waals surface area contributed by atoms with Crippen LogP contribution < -0.4 is 4.90 Å². The van der Waals surface area contributed by atoms with E-state index in [1.54, 1.807) is 23.1 Å². The fourth-order valence-corrected chi connectivity index (χ4v) is 4.64. The second-order valence-corrected chi connectivity index (χ2v) is 8.91. The van der Waals surface area contributed by atoms with Gasteiger partial charge in [-0.3, -0.25) is 9.69 Å². The quantitative estimate of drug-likeness (QED) is 0.461. The lowest BCUT2D eigenvalue weighted by molar-refractivity contribution is -0.118. The minimum atomic E-state index is 0. The van der Waals surface area contributed by atoms with E-state index >= 15 is 0 Å². The van der Waals surface area contributed by atoms with Crippen LogP contribution in [0.1, 0.15) is 12.0 Å². The fourth-order valence-electron chi connectivity index (χ4n) is 2.67. The molecular formula is C21H26ClN3OS2. The molecule has 0 atom stereocenters. The van der Waals surface area contributed by atoms with Crippen molar-refractivity contribution in [1.29, 1.82) is 0 Å². The van der Waals surface area contributed by atoms with Gasteiger partial charge in [0, 0.05) is 30.2 Å². The van der Waals surface area contributed by atoms with Crippen LogP contribution in [0.25, 0.3) is 10.2 Å². The highest BCUT2D eigenvalue weighted by Crippen LogP contribution is 2.30. The Morgan fingerprint density at radius 1 is 1.11 bits per heavy atom. The van der Waals surface area contributed by atoms with Gasteiger partial charge in [-0.05, 0) is 50.8 Å². The Balaban J connectivity index is 0.00000280. The van der Waals surface area contributed by atoms with Gasteiger partial charge in [-0.1, -0.05) is 35.6 Å². The minimum absolute atomic E-state index is 0. The van der Waals surface area contributed by atoms with Crippen molar-refractivity contribution in [2.75, 3.05) is 37.8 Å². The Bertz CT molecular complexity index is 899. The van der Waals surface area contributed by atoms with Gasteiger partial charge in [-0.15, -0.1) is 24.2 Å². The smallest absolute Gasteiger partial charge is 0.229 e. The number of carbonyl (C=O) groups excluding carboxylic acids is 1. The molecule has 0 aliphatic heterocycles. The average Bonchev–Trinajstić information content (AvgIpc) is 3.05. The molecule has 4 nitrogen and oxygen atoms in total. The summed E-state index contributed by atoms with van der Waals surface area (Å²) in [5.41, 5.74) is 2.17. The van der Waals surface area contributed by atoms with E-state index in [1.165, 1.54) is 10.5 Å². The maximum atomic E-state index is 13.0. The fraction of sp³-hybridized carbons (Fsp3) is 0.333. The Hall–Kier alpha value is -1.60. The Labute approximate surface area is 181 Å². The van der Waals surface area contributed by atoms with Crippen LogP contribution in [0.2, 0.25) is 0 Å². The molecular weight excluding hydrogens is 410 g/mol. The van der Waals surface area contributed by atoms with Gasteiger partial charge in [-0.25, -0.2) is 4.98 Å². The largest absolute Gasteiger partial charge is 0.308 e. The van der Waals surface area contributed by atoms with Crippen LogP contribution in [0.5, 0.6) is 0 Å². The molecule has 3 aromatic rings. The van der Waals surface area contributed by atoms with E-state index in [0.29, 0.717) is 13.0 Å². The molecule has 7 heteroatoms. The maximum Gasteiger partial charge on any atom is 0.229 e.